The maximum Gasteiger partial charge on any atom is 0.174 e. The molecule has 0 aliphatic carbocycles. The lowest BCUT2D eigenvalue weighted by atomic mass is 10.1. The van der Waals surface area contributed by atoms with Gasteiger partial charge in [0.1, 0.15) is 18.0 Å². The molecule has 3 rings (SSSR count). The van der Waals surface area contributed by atoms with Crippen molar-refractivity contribution in [1.29, 1.82) is 0 Å². The van der Waals surface area contributed by atoms with Gasteiger partial charge in [0, 0.05) is 28.0 Å². The van der Waals surface area contributed by atoms with Crippen molar-refractivity contribution in [2.24, 2.45) is 10.2 Å². The fourth-order valence-corrected chi connectivity index (χ4v) is 2.61. The number of hydrogen-bond acceptors (Lipinski definition) is 7. The summed E-state index contributed by atoms with van der Waals surface area (Å²) in [5.74, 6) is 1.49. The average molecular weight is 415 g/mol. The molecule has 134 valence electrons. The molecule has 2 aromatic heterocycles. The number of nitrogen functional groups attached to an aromatic ring is 1. The van der Waals surface area contributed by atoms with Gasteiger partial charge in [0.25, 0.3) is 0 Å². The molecular formula is C18H19BrN6O. The van der Waals surface area contributed by atoms with Gasteiger partial charge in [0.15, 0.2) is 11.6 Å². The van der Waals surface area contributed by atoms with E-state index in [1.807, 2.05) is 38.4 Å². The van der Waals surface area contributed by atoms with Crippen LogP contribution in [0.5, 0.6) is 5.75 Å². The van der Waals surface area contributed by atoms with E-state index in [1.54, 1.807) is 18.5 Å². The predicted octanol–water partition coefficient (Wildman–Crippen LogP) is 4.33. The van der Waals surface area contributed by atoms with Crippen LogP contribution in [0.2, 0.25) is 0 Å². The lowest BCUT2D eigenvalue weighted by Gasteiger charge is -2.10. The molecule has 0 saturated carbocycles. The predicted molar refractivity (Wildman–Crippen MR) is 106 cm³/mol. The van der Waals surface area contributed by atoms with E-state index in [1.165, 1.54) is 0 Å². The van der Waals surface area contributed by atoms with Gasteiger partial charge in [-0.1, -0.05) is 22.0 Å². The second kappa shape index (κ2) is 8.20. The van der Waals surface area contributed by atoms with Gasteiger partial charge in [0.05, 0.1) is 6.20 Å². The highest BCUT2D eigenvalue weighted by Crippen LogP contribution is 2.33. The van der Waals surface area contributed by atoms with Crippen LogP contribution in [0.25, 0.3) is 10.8 Å². The molecule has 0 spiro atoms. The molecule has 0 atom stereocenters. The first-order chi connectivity index (χ1) is 12.5. The molecule has 2 heterocycles. The number of fused-ring (bicyclic) bond motifs is 1. The zero-order valence-corrected chi connectivity index (χ0v) is 16.1. The van der Waals surface area contributed by atoms with Gasteiger partial charge in [-0.15, -0.1) is 10.2 Å². The van der Waals surface area contributed by atoms with Crippen LogP contribution in [0.1, 0.15) is 0 Å². The summed E-state index contributed by atoms with van der Waals surface area (Å²) in [4.78, 5) is 10.5. The smallest absolute Gasteiger partial charge is 0.174 e. The molecule has 0 aliphatic heterocycles. The fraction of sp³-hybridized carbons (Fsp3) is 0.222. The number of ether oxygens (including phenoxy) is 1. The lowest BCUT2D eigenvalue weighted by molar-refractivity contribution is 0.260. The van der Waals surface area contributed by atoms with E-state index < -0.39 is 0 Å². The van der Waals surface area contributed by atoms with E-state index in [0.717, 1.165) is 21.8 Å². The first-order valence-corrected chi connectivity index (χ1v) is 8.81. The number of likely N-dealkylation sites (N-methyl/N-ethyl adjacent to an activating group) is 1. The number of hydrogen-bond donors (Lipinski definition) is 1. The van der Waals surface area contributed by atoms with Crippen molar-refractivity contribution in [3.8, 4) is 5.75 Å². The van der Waals surface area contributed by atoms with Crippen molar-refractivity contribution in [2.75, 3.05) is 33.0 Å². The Kier molecular flexibility index (Phi) is 5.75. The van der Waals surface area contributed by atoms with E-state index >= 15 is 0 Å². The van der Waals surface area contributed by atoms with Crippen LogP contribution in [-0.4, -0.2) is 42.1 Å². The van der Waals surface area contributed by atoms with Crippen LogP contribution >= 0.6 is 15.9 Å². The van der Waals surface area contributed by atoms with Gasteiger partial charge in [-0.05, 0) is 38.4 Å². The monoisotopic (exact) mass is 414 g/mol. The minimum Gasteiger partial charge on any atom is -0.491 e. The van der Waals surface area contributed by atoms with E-state index in [2.05, 4.69) is 41.0 Å². The number of pyridine rings is 2. The summed E-state index contributed by atoms with van der Waals surface area (Å²) in [5, 5.41) is 10.3. The van der Waals surface area contributed by atoms with Crippen molar-refractivity contribution in [1.82, 2.24) is 14.9 Å². The van der Waals surface area contributed by atoms with E-state index in [-0.39, 0.29) is 0 Å². The number of aromatic nitrogens is 2. The molecule has 1 aromatic carbocycles. The van der Waals surface area contributed by atoms with Crippen molar-refractivity contribution in [3.05, 3.63) is 47.2 Å². The van der Waals surface area contributed by atoms with Gasteiger partial charge in [0.2, 0.25) is 0 Å². The van der Waals surface area contributed by atoms with E-state index in [4.69, 9.17) is 10.5 Å². The molecule has 0 fully saturated rings. The summed E-state index contributed by atoms with van der Waals surface area (Å²) in [5.41, 5.74) is 6.50. The van der Waals surface area contributed by atoms with E-state index in [0.29, 0.717) is 29.7 Å². The Bertz CT molecular complexity index is 922. The van der Waals surface area contributed by atoms with Crippen LogP contribution in [-0.2, 0) is 0 Å². The van der Waals surface area contributed by atoms with Gasteiger partial charge in [-0.25, -0.2) is 9.97 Å². The Morgan fingerprint density at radius 1 is 1.12 bits per heavy atom. The number of halogens is 1. The van der Waals surface area contributed by atoms with Crippen LogP contribution in [0.4, 0.5) is 17.3 Å². The van der Waals surface area contributed by atoms with Crippen molar-refractivity contribution < 1.29 is 4.74 Å². The molecule has 2 N–H and O–H groups in total. The molecule has 0 unspecified atom stereocenters. The maximum atomic E-state index is 5.98. The molecule has 0 radical (unpaired) electrons. The van der Waals surface area contributed by atoms with Gasteiger partial charge >= 0.3 is 0 Å². The first-order valence-electron chi connectivity index (χ1n) is 8.02. The summed E-state index contributed by atoms with van der Waals surface area (Å²) in [6.07, 6.45) is 3.35. The molecule has 7 nitrogen and oxygen atoms in total. The van der Waals surface area contributed by atoms with Gasteiger partial charge in [-0.2, -0.15) is 0 Å². The number of nitrogens with zero attached hydrogens (tertiary/aromatic N) is 5. The Hall–Kier alpha value is -2.58. The quantitative estimate of drug-likeness (QED) is 0.606. The Morgan fingerprint density at radius 2 is 1.96 bits per heavy atom. The normalized spacial score (nSPS) is 11.5. The molecule has 0 saturated heterocycles. The summed E-state index contributed by atoms with van der Waals surface area (Å²) >= 11 is 3.46. The third kappa shape index (κ3) is 4.53. The molecule has 26 heavy (non-hydrogen) atoms. The average Bonchev–Trinajstić information content (AvgIpc) is 2.62. The minimum absolute atomic E-state index is 0.322. The second-order valence-electron chi connectivity index (χ2n) is 5.93. The van der Waals surface area contributed by atoms with Crippen molar-refractivity contribution >= 4 is 44.0 Å². The van der Waals surface area contributed by atoms with Crippen LogP contribution in [0, 0.1) is 0 Å². The summed E-state index contributed by atoms with van der Waals surface area (Å²) < 4.78 is 6.55. The third-order valence-electron chi connectivity index (χ3n) is 3.64. The highest BCUT2D eigenvalue weighted by atomic mass is 79.9. The summed E-state index contributed by atoms with van der Waals surface area (Å²) in [6, 6.07) is 9.40. The minimum atomic E-state index is 0.322. The zero-order valence-electron chi connectivity index (χ0n) is 14.6. The zero-order chi connectivity index (χ0) is 18.5. The molecular weight excluding hydrogens is 396 g/mol. The Morgan fingerprint density at radius 3 is 2.69 bits per heavy atom. The van der Waals surface area contributed by atoms with Crippen LogP contribution in [0.3, 0.4) is 0 Å². The third-order valence-corrected chi connectivity index (χ3v) is 4.13. The number of azo groups is 1. The topological polar surface area (TPSA) is 89.0 Å². The number of benzene rings is 1. The molecule has 3 aromatic rings. The largest absolute Gasteiger partial charge is 0.491 e. The van der Waals surface area contributed by atoms with Gasteiger partial charge in [-0.3, -0.25) is 0 Å². The highest BCUT2D eigenvalue weighted by Gasteiger charge is 2.07. The fourth-order valence-electron chi connectivity index (χ4n) is 2.25. The summed E-state index contributed by atoms with van der Waals surface area (Å²) in [6.45, 7) is 1.44. The van der Waals surface area contributed by atoms with E-state index in [9.17, 15) is 0 Å². The van der Waals surface area contributed by atoms with Crippen LogP contribution < -0.4 is 10.5 Å². The molecule has 0 aliphatic rings. The van der Waals surface area contributed by atoms with Gasteiger partial charge < -0.3 is 15.4 Å². The molecule has 8 heteroatoms. The molecule has 0 amide bonds. The number of nitrogens with two attached hydrogens (primary N) is 1. The maximum absolute atomic E-state index is 5.98. The lowest BCUT2D eigenvalue weighted by Crippen LogP contribution is -2.19. The second-order valence-corrected chi connectivity index (χ2v) is 6.84. The first kappa shape index (κ1) is 18.2. The van der Waals surface area contributed by atoms with Crippen molar-refractivity contribution in [2.45, 2.75) is 0 Å². The Balaban J connectivity index is 1.79. The number of anilines is 1. The molecule has 0 bridgehead atoms. The van der Waals surface area contributed by atoms with Crippen molar-refractivity contribution in [3.63, 3.8) is 0 Å². The standard InChI is InChI=1S/C18H19BrN6O/c1-25(2)7-8-26-14-5-6-16(21-11-14)23-24-17-15-9-13(19)4-3-12(15)10-22-18(17)20/h3-6,9-11H,7-8H2,1-2H3,(H2,20,22). The summed E-state index contributed by atoms with van der Waals surface area (Å²) in [7, 11) is 3.99. The highest BCUT2D eigenvalue weighted by molar-refractivity contribution is 9.10. The number of rotatable bonds is 6. The SMILES string of the molecule is CN(C)CCOc1ccc(N=Nc2c(N)ncc3ccc(Br)cc23)nc1. The van der Waals surface area contributed by atoms with Crippen LogP contribution in [0.15, 0.2) is 57.4 Å². The Labute approximate surface area is 160 Å².